The first-order valence-electron chi connectivity index (χ1n) is 6.59. The second kappa shape index (κ2) is 6.66. The number of allylic oxidation sites excluding steroid dienone is 2. The Kier molecular flexibility index (Phi) is 4.66. The lowest BCUT2D eigenvalue weighted by Gasteiger charge is -2.09. The number of carbonyl (C=O) groups excluding carboxylic acids is 1. The average Bonchev–Trinajstić information content (AvgIpc) is 2.79. The van der Waals surface area contributed by atoms with Crippen LogP contribution in [-0.2, 0) is 19.4 Å². The number of aldehydes is 1. The van der Waals surface area contributed by atoms with Crippen LogP contribution in [0.25, 0.3) is 0 Å². The van der Waals surface area contributed by atoms with Gasteiger partial charge in [-0.25, -0.2) is 4.98 Å². The number of benzene rings is 1. The van der Waals surface area contributed by atoms with Crippen LogP contribution in [0, 0.1) is 0 Å². The minimum atomic E-state index is 0.507. The van der Waals surface area contributed by atoms with E-state index in [1.54, 1.807) is 6.08 Å². The summed E-state index contributed by atoms with van der Waals surface area (Å²) in [5.74, 6) is 0.855. The normalized spacial score (nSPS) is 10.2. The first-order chi connectivity index (χ1) is 9.80. The molecule has 2 rings (SSSR count). The molecular formula is C17H18N2O. The Morgan fingerprint density at radius 2 is 1.90 bits per heavy atom. The fraction of sp³-hybridized carbons (Fsp3) is 0.176. The number of carbonyl (C=O) groups is 1. The standard InChI is InChI=1S/C17H18N2O/c1-3-8-17-18-15(13-20)16(19(17)11-4-2)12-14-9-6-5-7-10-14/h3-7,9-10,13H,1-2,8,11-12H2. The molecule has 0 radical (unpaired) electrons. The SMILES string of the molecule is C=CCc1nc(C=O)c(Cc2ccccc2)n1CC=C. The van der Waals surface area contributed by atoms with Gasteiger partial charge in [0.15, 0.2) is 6.29 Å². The molecule has 1 aromatic heterocycles. The first-order valence-corrected chi connectivity index (χ1v) is 6.59. The molecule has 0 unspecified atom stereocenters. The third kappa shape index (κ3) is 2.94. The van der Waals surface area contributed by atoms with Crippen LogP contribution in [0.2, 0.25) is 0 Å². The van der Waals surface area contributed by atoms with Crippen molar-refractivity contribution in [2.45, 2.75) is 19.4 Å². The lowest BCUT2D eigenvalue weighted by Crippen LogP contribution is -2.07. The molecule has 0 spiro atoms. The van der Waals surface area contributed by atoms with Crippen molar-refractivity contribution in [1.82, 2.24) is 9.55 Å². The second-order valence-corrected chi connectivity index (χ2v) is 4.53. The van der Waals surface area contributed by atoms with Crippen LogP contribution >= 0.6 is 0 Å². The predicted molar refractivity (Wildman–Crippen MR) is 81.0 cm³/mol. The molecule has 3 heteroatoms. The molecule has 3 nitrogen and oxygen atoms in total. The van der Waals surface area contributed by atoms with Crippen LogP contribution in [0.1, 0.15) is 27.6 Å². The molecule has 0 N–H and O–H groups in total. The van der Waals surface area contributed by atoms with Crippen LogP contribution in [0.5, 0.6) is 0 Å². The van der Waals surface area contributed by atoms with Gasteiger partial charge in [-0.3, -0.25) is 4.79 Å². The Morgan fingerprint density at radius 1 is 1.15 bits per heavy atom. The summed E-state index contributed by atoms with van der Waals surface area (Å²) in [5.41, 5.74) is 2.60. The highest BCUT2D eigenvalue weighted by Crippen LogP contribution is 2.17. The van der Waals surface area contributed by atoms with Gasteiger partial charge in [-0.1, -0.05) is 42.5 Å². The minimum Gasteiger partial charge on any atom is -0.327 e. The molecular weight excluding hydrogens is 248 g/mol. The van der Waals surface area contributed by atoms with Gasteiger partial charge >= 0.3 is 0 Å². The van der Waals surface area contributed by atoms with Gasteiger partial charge in [0.2, 0.25) is 0 Å². The van der Waals surface area contributed by atoms with Gasteiger partial charge in [0.1, 0.15) is 11.5 Å². The molecule has 0 atom stereocenters. The number of imidazole rings is 1. The van der Waals surface area contributed by atoms with Crippen LogP contribution < -0.4 is 0 Å². The number of nitrogens with zero attached hydrogens (tertiary/aromatic N) is 2. The van der Waals surface area contributed by atoms with Crippen molar-refractivity contribution in [1.29, 1.82) is 0 Å². The Balaban J connectivity index is 2.45. The zero-order chi connectivity index (χ0) is 14.4. The van der Waals surface area contributed by atoms with Crippen LogP contribution in [0.15, 0.2) is 55.6 Å². The quantitative estimate of drug-likeness (QED) is 0.570. The third-order valence-corrected chi connectivity index (χ3v) is 3.15. The van der Waals surface area contributed by atoms with E-state index < -0.39 is 0 Å². The molecule has 20 heavy (non-hydrogen) atoms. The van der Waals surface area contributed by atoms with E-state index in [4.69, 9.17) is 0 Å². The van der Waals surface area contributed by atoms with Crippen molar-refractivity contribution in [3.05, 3.63) is 78.4 Å². The zero-order valence-electron chi connectivity index (χ0n) is 11.5. The Morgan fingerprint density at radius 3 is 2.50 bits per heavy atom. The monoisotopic (exact) mass is 266 g/mol. The van der Waals surface area contributed by atoms with Gasteiger partial charge in [0.25, 0.3) is 0 Å². The van der Waals surface area contributed by atoms with E-state index in [-0.39, 0.29) is 0 Å². The van der Waals surface area contributed by atoms with Crippen molar-refractivity contribution in [2.75, 3.05) is 0 Å². The molecule has 0 saturated carbocycles. The maximum absolute atomic E-state index is 11.3. The van der Waals surface area contributed by atoms with E-state index in [2.05, 4.69) is 18.1 Å². The van der Waals surface area contributed by atoms with Crippen LogP contribution in [-0.4, -0.2) is 15.8 Å². The topological polar surface area (TPSA) is 34.9 Å². The van der Waals surface area contributed by atoms with Crippen molar-refractivity contribution < 1.29 is 4.79 Å². The average molecular weight is 266 g/mol. The summed E-state index contributed by atoms with van der Waals surface area (Å²) in [7, 11) is 0. The molecule has 1 aromatic carbocycles. The summed E-state index contributed by atoms with van der Waals surface area (Å²) in [6.07, 6.45) is 5.76. The largest absolute Gasteiger partial charge is 0.327 e. The second-order valence-electron chi connectivity index (χ2n) is 4.53. The van der Waals surface area contributed by atoms with E-state index in [1.165, 1.54) is 0 Å². The van der Waals surface area contributed by atoms with Gasteiger partial charge in [-0.05, 0) is 5.56 Å². The Hall–Kier alpha value is -2.42. The fourth-order valence-electron chi connectivity index (χ4n) is 2.26. The maximum atomic E-state index is 11.3. The zero-order valence-corrected chi connectivity index (χ0v) is 11.5. The fourth-order valence-corrected chi connectivity index (χ4v) is 2.26. The summed E-state index contributed by atoms with van der Waals surface area (Å²) < 4.78 is 2.05. The van der Waals surface area contributed by atoms with Crippen molar-refractivity contribution in [3.8, 4) is 0 Å². The number of hydrogen-bond donors (Lipinski definition) is 0. The highest BCUT2D eigenvalue weighted by Gasteiger charge is 2.15. The van der Waals surface area contributed by atoms with Crippen molar-refractivity contribution >= 4 is 6.29 Å². The van der Waals surface area contributed by atoms with Gasteiger partial charge in [0, 0.05) is 19.4 Å². The highest BCUT2D eigenvalue weighted by molar-refractivity contribution is 5.74. The van der Waals surface area contributed by atoms with Crippen LogP contribution in [0.3, 0.4) is 0 Å². The van der Waals surface area contributed by atoms with Crippen molar-refractivity contribution in [2.24, 2.45) is 0 Å². The molecule has 102 valence electrons. The summed E-state index contributed by atoms with van der Waals surface area (Å²) in [6, 6.07) is 10.1. The third-order valence-electron chi connectivity index (χ3n) is 3.15. The van der Waals surface area contributed by atoms with Gasteiger partial charge in [-0.2, -0.15) is 0 Å². The Labute approximate surface area is 119 Å². The lowest BCUT2D eigenvalue weighted by atomic mass is 10.1. The van der Waals surface area contributed by atoms with Gasteiger partial charge in [0.05, 0.1) is 5.69 Å². The lowest BCUT2D eigenvalue weighted by molar-refractivity contribution is 0.111. The van der Waals surface area contributed by atoms with Gasteiger partial charge < -0.3 is 4.57 Å². The van der Waals surface area contributed by atoms with Crippen molar-refractivity contribution in [3.63, 3.8) is 0 Å². The molecule has 2 aromatic rings. The predicted octanol–water partition coefficient (Wildman–Crippen LogP) is 3.20. The molecule has 0 amide bonds. The molecule has 0 aliphatic carbocycles. The molecule has 0 aliphatic rings. The van der Waals surface area contributed by atoms with E-state index in [1.807, 2.05) is 41.0 Å². The first kappa shape index (κ1) is 14.0. The maximum Gasteiger partial charge on any atom is 0.170 e. The van der Waals surface area contributed by atoms with E-state index >= 15 is 0 Å². The highest BCUT2D eigenvalue weighted by atomic mass is 16.1. The molecule has 0 saturated heterocycles. The molecule has 1 heterocycles. The molecule has 0 bridgehead atoms. The summed E-state index contributed by atoms with van der Waals surface area (Å²) in [6.45, 7) is 8.16. The van der Waals surface area contributed by atoms with Gasteiger partial charge in [-0.15, -0.1) is 13.2 Å². The summed E-state index contributed by atoms with van der Waals surface area (Å²) >= 11 is 0. The van der Waals surface area contributed by atoms with Crippen LogP contribution in [0.4, 0.5) is 0 Å². The Bertz CT molecular complexity index is 611. The number of hydrogen-bond acceptors (Lipinski definition) is 2. The summed E-state index contributed by atoms with van der Waals surface area (Å²) in [5, 5.41) is 0. The number of aromatic nitrogens is 2. The molecule has 0 fully saturated rings. The van der Waals surface area contributed by atoms with E-state index in [0.29, 0.717) is 25.1 Å². The summed E-state index contributed by atoms with van der Waals surface area (Å²) in [4.78, 5) is 15.7. The van der Waals surface area contributed by atoms with E-state index in [9.17, 15) is 4.79 Å². The number of rotatable bonds is 7. The minimum absolute atomic E-state index is 0.507. The van der Waals surface area contributed by atoms with E-state index in [0.717, 1.165) is 23.4 Å². The molecule has 0 aliphatic heterocycles. The smallest absolute Gasteiger partial charge is 0.170 e.